The average Bonchev–Trinajstić information content (AvgIpc) is 2.97. The number of carbonyl (C=O) groups is 2. The van der Waals surface area contributed by atoms with Gasteiger partial charge in [0.25, 0.3) is 12.3 Å². The van der Waals surface area contributed by atoms with Crippen LogP contribution in [0, 0.1) is 0 Å². The minimum absolute atomic E-state index is 0.259. The predicted octanol–water partition coefficient (Wildman–Crippen LogP) is 2.58. The van der Waals surface area contributed by atoms with Gasteiger partial charge in [-0.15, -0.1) is 0 Å². The predicted molar refractivity (Wildman–Crippen MR) is 77.4 cm³/mol. The molecule has 8 heteroatoms. The molecule has 0 saturated carbocycles. The van der Waals surface area contributed by atoms with E-state index < -0.39 is 30.2 Å². The second kappa shape index (κ2) is 5.94. The summed E-state index contributed by atoms with van der Waals surface area (Å²) in [6, 6.07) is 3.55. The first-order valence-corrected chi connectivity index (χ1v) is 7.29. The summed E-state index contributed by atoms with van der Waals surface area (Å²) in [7, 11) is 0. The maximum atomic E-state index is 12.7. The van der Waals surface area contributed by atoms with Crippen LogP contribution in [-0.4, -0.2) is 44.4 Å². The van der Waals surface area contributed by atoms with Crippen molar-refractivity contribution in [2.24, 2.45) is 0 Å². The molecule has 0 bridgehead atoms. The van der Waals surface area contributed by atoms with Gasteiger partial charge < -0.3 is 15.0 Å². The molecular formula is C15H15F2N3O3. The Morgan fingerprint density at radius 2 is 2.13 bits per heavy atom. The topological polar surface area (TPSA) is 86.3 Å². The van der Waals surface area contributed by atoms with E-state index in [0.717, 1.165) is 12.8 Å². The number of rotatable bonds is 3. The SMILES string of the molecule is O=C(O)C1CCCCN1C(=O)c1ccc2nc(C(F)F)[nH]c2c1. The number of aliphatic carboxylic acids is 1. The van der Waals surface area contributed by atoms with Crippen molar-refractivity contribution in [3.63, 3.8) is 0 Å². The second-order valence-electron chi connectivity index (χ2n) is 5.50. The fourth-order valence-electron chi connectivity index (χ4n) is 2.86. The molecule has 0 spiro atoms. The third kappa shape index (κ3) is 2.88. The number of imidazole rings is 1. The lowest BCUT2D eigenvalue weighted by Crippen LogP contribution is -2.47. The van der Waals surface area contributed by atoms with Gasteiger partial charge in [-0.2, -0.15) is 0 Å². The van der Waals surface area contributed by atoms with Crippen molar-refractivity contribution < 1.29 is 23.5 Å². The number of carboxylic acid groups (broad SMARTS) is 1. The Labute approximate surface area is 130 Å². The summed E-state index contributed by atoms with van der Waals surface area (Å²) in [5, 5.41) is 9.25. The van der Waals surface area contributed by atoms with Crippen molar-refractivity contribution in [1.29, 1.82) is 0 Å². The Morgan fingerprint density at radius 3 is 2.83 bits per heavy atom. The molecule has 1 atom stereocenters. The molecule has 1 unspecified atom stereocenters. The standard InChI is InChI=1S/C15H15F2N3O3/c16-12(17)13-18-9-5-4-8(7-10(9)19-13)14(21)20-6-2-1-3-11(20)15(22)23/h4-5,7,11-12H,1-3,6H2,(H,18,19)(H,22,23). The first-order valence-electron chi connectivity index (χ1n) is 7.29. The van der Waals surface area contributed by atoms with Gasteiger partial charge in [-0.05, 0) is 37.5 Å². The number of amides is 1. The molecule has 1 saturated heterocycles. The maximum Gasteiger partial charge on any atom is 0.326 e. The lowest BCUT2D eigenvalue weighted by Gasteiger charge is -2.33. The number of hydrogen-bond donors (Lipinski definition) is 2. The number of aromatic amines is 1. The first kappa shape index (κ1) is 15.4. The highest BCUT2D eigenvalue weighted by molar-refractivity contribution is 5.99. The van der Waals surface area contributed by atoms with Crippen molar-refractivity contribution in [1.82, 2.24) is 14.9 Å². The molecule has 23 heavy (non-hydrogen) atoms. The van der Waals surface area contributed by atoms with Crippen LogP contribution in [0.25, 0.3) is 11.0 Å². The van der Waals surface area contributed by atoms with Crippen molar-refractivity contribution >= 4 is 22.9 Å². The van der Waals surface area contributed by atoms with Crippen LogP contribution in [0.3, 0.4) is 0 Å². The van der Waals surface area contributed by atoms with Gasteiger partial charge in [0, 0.05) is 12.1 Å². The zero-order chi connectivity index (χ0) is 16.6. The van der Waals surface area contributed by atoms with Crippen molar-refractivity contribution in [3.05, 3.63) is 29.6 Å². The summed E-state index contributed by atoms with van der Waals surface area (Å²) in [6.45, 7) is 0.374. The van der Waals surface area contributed by atoms with Gasteiger partial charge in [0.05, 0.1) is 11.0 Å². The van der Waals surface area contributed by atoms with Crippen LogP contribution in [0.2, 0.25) is 0 Å². The number of benzene rings is 1. The van der Waals surface area contributed by atoms with Gasteiger partial charge in [-0.25, -0.2) is 18.6 Å². The van der Waals surface area contributed by atoms with Crippen LogP contribution < -0.4 is 0 Å². The molecule has 1 aliphatic rings. The molecule has 2 heterocycles. The molecule has 6 nitrogen and oxygen atoms in total. The molecule has 1 aromatic carbocycles. The van der Waals surface area contributed by atoms with Crippen LogP contribution in [-0.2, 0) is 4.79 Å². The average molecular weight is 323 g/mol. The van der Waals surface area contributed by atoms with Crippen LogP contribution in [0.15, 0.2) is 18.2 Å². The van der Waals surface area contributed by atoms with Crippen molar-refractivity contribution in [2.45, 2.75) is 31.7 Å². The Kier molecular flexibility index (Phi) is 3.97. The number of nitrogens with one attached hydrogen (secondary N) is 1. The molecule has 2 aromatic rings. The van der Waals surface area contributed by atoms with Gasteiger partial charge >= 0.3 is 5.97 Å². The number of hydrogen-bond acceptors (Lipinski definition) is 3. The van der Waals surface area contributed by atoms with Gasteiger partial charge in [0.15, 0.2) is 5.82 Å². The van der Waals surface area contributed by atoms with Gasteiger partial charge in [0.1, 0.15) is 6.04 Å². The van der Waals surface area contributed by atoms with E-state index in [1.807, 2.05) is 0 Å². The lowest BCUT2D eigenvalue weighted by atomic mass is 10.0. The smallest absolute Gasteiger partial charge is 0.326 e. The van der Waals surface area contributed by atoms with Crippen LogP contribution >= 0.6 is 0 Å². The summed E-state index contributed by atoms with van der Waals surface area (Å²) in [5.41, 5.74) is 0.926. The van der Waals surface area contributed by atoms with Crippen LogP contribution in [0.5, 0.6) is 0 Å². The monoisotopic (exact) mass is 323 g/mol. The number of aromatic nitrogens is 2. The Morgan fingerprint density at radius 1 is 1.35 bits per heavy atom. The third-order valence-corrected chi connectivity index (χ3v) is 4.00. The van der Waals surface area contributed by atoms with E-state index in [-0.39, 0.29) is 5.56 Å². The fourth-order valence-corrected chi connectivity index (χ4v) is 2.86. The summed E-state index contributed by atoms with van der Waals surface area (Å²) in [5.74, 6) is -1.89. The van der Waals surface area contributed by atoms with Gasteiger partial charge in [-0.3, -0.25) is 4.79 Å². The van der Waals surface area contributed by atoms with E-state index in [0.29, 0.717) is 24.0 Å². The number of nitrogens with zero attached hydrogens (tertiary/aromatic N) is 2. The van der Waals surface area contributed by atoms with E-state index in [9.17, 15) is 23.5 Å². The van der Waals surface area contributed by atoms with Crippen LogP contribution in [0.4, 0.5) is 8.78 Å². The molecule has 1 fully saturated rings. The number of H-pyrrole nitrogens is 1. The van der Waals surface area contributed by atoms with Gasteiger partial charge in [0.2, 0.25) is 0 Å². The molecule has 122 valence electrons. The molecule has 1 amide bonds. The molecule has 2 N–H and O–H groups in total. The maximum absolute atomic E-state index is 12.7. The number of alkyl halides is 2. The lowest BCUT2D eigenvalue weighted by molar-refractivity contribution is -0.143. The zero-order valence-corrected chi connectivity index (χ0v) is 12.1. The molecule has 3 rings (SSSR count). The van der Waals surface area contributed by atoms with E-state index in [1.165, 1.54) is 23.1 Å². The Hall–Kier alpha value is -2.51. The second-order valence-corrected chi connectivity index (χ2v) is 5.50. The number of carbonyl (C=O) groups excluding carboxylic acids is 1. The fraction of sp³-hybridized carbons (Fsp3) is 0.400. The summed E-state index contributed by atoms with van der Waals surface area (Å²) >= 11 is 0. The third-order valence-electron chi connectivity index (χ3n) is 4.00. The minimum Gasteiger partial charge on any atom is -0.480 e. The molecule has 1 aromatic heterocycles. The van der Waals surface area contributed by atoms with Crippen molar-refractivity contribution in [3.8, 4) is 0 Å². The molecule has 1 aliphatic heterocycles. The largest absolute Gasteiger partial charge is 0.480 e. The molecule has 0 aliphatic carbocycles. The number of piperidine rings is 1. The number of likely N-dealkylation sites (tertiary alicyclic amines) is 1. The summed E-state index contributed by atoms with van der Waals surface area (Å²) in [6.07, 6.45) is -0.793. The number of carboxylic acids is 1. The number of halogens is 2. The highest BCUT2D eigenvalue weighted by Gasteiger charge is 2.32. The highest BCUT2D eigenvalue weighted by atomic mass is 19.3. The zero-order valence-electron chi connectivity index (χ0n) is 12.1. The highest BCUT2D eigenvalue weighted by Crippen LogP contribution is 2.23. The Bertz CT molecular complexity index is 760. The molecule has 0 radical (unpaired) electrons. The van der Waals surface area contributed by atoms with E-state index in [2.05, 4.69) is 9.97 Å². The number of fused-ring (bicyclic) bond motifs is 1. The molecular weight excluding hydrogens is 308 g/mol. The summed E-state index contributed by atoms with van der Waals surface area (Å²) < 4.78 is 25.3. The normalized spacial score (nSPS) is 18.6. The van der Waals surface area contributed by atoms with E-state index >= 15 is 0 Å². The van der Waals surface area contributed by atoms with Crippen LogP contribution in [0.1, 0.15) is 41.9 Å². The van der Waals surface area contributed by atoms with E-state index in [1.54, 1.807) is 0 Å². The quantitative estimate of drug-likeness (QED) is 0.909. The van der Waals surface area contributed by atoms with E-state index in [4.69, 9.17) is 0 Å². The summed E-state index contributed by atoms with van der Waals surface area (Å²) in [4.78, 5) is 31.4. The van der Waals surface area contributed by atoms with Gasteiger partial charge in [-0.1, -0.05) is 0 Å². The van der Waals surface area contributed by atoms with Crippen molar-refractivity contribution in [2.75, 3.05) is 6.54 Å². The minimum atomic E-state index is -2.72. The Balaban J connectivity index is 1.92. The first-order chi connectivity index (χ1) is 11.0.